The van der Waals surface area contributed by atoms with Gasteiger partial charge in [-0.2, -0.15) is 0 Å². The van der Waals surface area contributed by atoms with Crippen molar-refractivity contribution in [3.63, 3.8) is 0 Å². The summed E-state index contributed by atoms with van der Waals surface area (Å²) in [5.41, 5.74) is -2.11. The maximum absolute atomic E-state index is 13.9. The van der Waals surface area contributed by atoms with E-state index in [1.165, 1.54) is 0 Å². The first-order valence-electron chi connectivity index (χ1n) is 13.6. The van der Waals surface area contributed by atoms with Crippen LogP contribution in [0.15, 0.2) is 23.8 Å². The van der Waals surface area contributed by atoms with Crippen LogP contribution < -0.4 is 0 Å². The molecular weight excluding hydrogens is 476 g/mol. The fourth-order valence-corrected chi connectivity index (χ4v) is 7.75. The Balaban J connectivity index is 1.47. The van der Waals surface area contributed by atoms with Gasteiger partial charge in [-0.3, -0.25) is 19.2 Å². The highest BCUT2D eigenvalue weighted by atomic mass is 16.7. The molecule has 4 saturated carbocycles. The SMILES string of the molecule is CCCOC(=O)O[C@]1(C(=O)COC(=O)C2CC2)CC[C@H]2[C@@H]3CCC4=CC(=O)C=C[C@]4(C)[C@H]3C(=O)C[C@@]21C. The minimum absolute atomic E-state index is 0.00965. The van der Waals surface area contributed by atoms with Gasteiger partial charge in [-0.25, -0.2) is 4.79 Å². The molecule has 5 aliphatic carbocycles. The molecule has 0 aromatic carbocycles. The molecule has 0 bridgehead atoms. The number of ether oxygens (including phenoxy) is 3. The molecule has 200 valence electrons. The summed E-state index contributed by atoms with van der Waals surface area (Å²) in [4.78, 5) is 64.7. The van der Waals surface area contributed by atoms with E-state index >= 15 is 0 Å². The minimum Gasteiger partial charge on any atom is -0.457 e. The Bertz CT molecular complexity index is 1100. The van der Waals surface area contributed by atoms with E-state index in [1.807, 2.05) is 26.8 Å². The van der Waals surface area contributed by atoms with Gasteiger partial charge >= 0.3 is 12.1 Å². The third-order valence-corrected chi connectivity index (χ3v) is 9.77. The smallest absolute Gasteiger partial charge is 0.457 e. The summed E-state index contributed by atoms with van der Waals surface area (Å²) in [6, 6.07) is 0. The van der Waals surface area contributed by atoms with Gasteiger partial charge in [0.15, 0.2) is 18.0 Å². The van der Waals surface area contributed by atoms with Crippen molar-refractivity contribution in [2.45, 2.75) is 77.7 Å². The number of Topliss-reactive ketones (excluding diaryl/α,β-unsaturated/α-hetero) is 2. The molecule has 0 aromatic heterocycles. The minimum atomic E-state index is -1.61. The molecule has 0 aromatic rings. The van der Waals surface area contributed by atoms with Gasteiger partial charge in [0.25, 0.3) is 0 Å². The highest BCUT2D eigenvalue weighted by molar-refractivity contribution is 6.02. The lowest BCUT2D eigenvalue weighted by molar-refractivity contribution is -0.176. The molecule has 0 aliphatic heterocycles. The molecular formula is C29H36O8. The normalized spacial score (nSPS) is 38.1. The number of hydrogen-bond donors (Lipinski definition) is 0. The highest BCUT2D eigenvalue weighted by Gasteiger charge is 2.70. The van der Waals surface area contributed by atoms with Crippen molar-refractivity contribution in [1.29, 1.82) is 0 Å². The van der Waals surface area contributed by atoms with Gasteiger partial charge in [-0.15, -0.1) is 0 Å². The number of carbonyl (C=O) groups is 5. The maximum Gasteiger partial charge on any atom is 0.509 e. The third kappa shape index (κ3) is 4.07. The molecule has 5 aliphatic rings. The standard InChI is InChI=1S/C29H36O8/c1-4-13-35-26(34)37-29(23(32)16-36-25(33)17-5-6-17)12-10-21-20-8-7-18-14-19(30)9-11-27(18,2)24(20)22(31)15-28(21,29)3/h9,11,14,17,20-21,24H,4-8,10,12-13,15-16H2,1-3H3/t20-,21-,24+,27-,28-,29-/m0/s1. The second-order valence-corrected chi connectivity index (χ2v) is 11.9. The Morgan fingerprint density at radius 1 is 1.05 bits per heavy atom. The average molecular weight is 513 g/mol. The van der Waals surface area contributed by atoms with E-state index < -0.39 is 40.9 Å². The summed E-state index contributed by atoms with van der Waals surface area (Å²) in [7, 11) is 0. The van der Waals surface area contributed by atoms with E-state index in [9.17, 15) is 24.0 Å². The summed E-state index contributed by atoms with van der Waals surface area (Å²) in [6.07, 6.45) is 8.61. The monoisotopic (exact) mass is 512 g/mol. The first-order valence-corrected chi connectivity index (χ1v) is 13.6. The fraction of sp³-hybridized carbons (Fsp3) is 0.690. The molecule has 0 unspecified atom stereocenters. The Morgan fingerprint density at radius 3 is 2.51 bits per heavy atom. The fourth-order valence-electron chi connectivity index (χ4n) is 7.75. The second kappa shape index (κ2) is 9.21. The first-order chi connectivity index (χ1) is 17.6. The van der Waals surface area contributed by atoms with E-state index in [0.29, 0.717) is 19.3 Å². The Morgan fingerprint density at radius 2 is 1.81 bits per heavy atom. The van der Waals surface area contributed by atoms with Gasteiger partial charge < -0.3 is 14.2 Å². The van der Waals surface area contributed by atoms with E-state index in [4.69, 9.17) is 14.2 Å². The molecule has 0 spiro atoms. The van der Waals surface area contributed by atoms with Crippen LogP contribution in [0.25, 0.3) is 0 Å². The second-order valence-electron chi connectivity index (χ2n) is 11.9. The Labute approximate surface area is 217 Å². The molecule has 8 heteroatoms. The van der Waals surface area contributed by atoms with Crippen molar-refractivity contribution in [1.82, 2.24) is 0 Å². The summed E-state index contributed by atoms with van der Waals surface area (Å²) in [6.45, 7) is 5.43. The molecule has 0 heterocycles. The first kappa shape index (κ1) is 25.9. The van der Waals surface area contributed by atoms with Crippen LogP contribution in [-0.2, 0) is 33.4 Å². The maximum atomic E-state index is 13.9. The van der Waals surface area contributed by atoms with Crippen LogP contribution in [0.5, 0.6) is 0 Å². The molecule has 0 N–H and O–H groups in total. The third-order valence-electron chi connectivity index (χ3n) is 9.77. The van der Waals surface area contributed by atoms with E-state index in [1.54, 1.807) is 12.2 Å². The van der Waals surface area contributed by atoms with Crippen LogP contribution in [0, 0.1) is 34.5 Å². The summed E-state index contributed by atoms with van der Waals surface area (Å²) >= 11 is 0. The zero-order valence-electron chi connectivity index (χ0n) is 21.9. The number of rotatable bonds is 7. The lowest BCUT2D eigenvalue weighted by Crippen LogP contribution is -2.62. The van der Waals surface area contributed by atoms with E-state index in [-0.39, 0.29) is 54.7 Å². The Kier molecular flexibility index (Phi) is 6.44. The van der Waals surface area contributed by atoms with Crippen molar-refractivity contribution < 1.29 is 38.2 Å². The van der Waals surface area contributed by atoms with E-state index in [2.05, 4.69) is 0 Å². The van der Waals surface area contributed by atoms with Crippen molar-refractivity contribution in [3.8, 4) is 0 Å². The zero-order valence-corrected chi connectivity index (χ0v) is 21.9. The molecule has 6 atom stereocenters. The lowest BCUT2D eigenvalue weighted by Gasteiger charge is -2.57. The largest absolute Gasteiger partial charge is 0.509 e. The predicted molar refractivity (Wildman–Crippen MR) is 131 cm³/mol. The van der Waals surface area contributed by atoms with Crippen LogP contribution in [0.2, 0.25) is 0 Å². The van der Waals surface area contributed by atoms with Gasteiger partial charge in [0, 0.05) is 23.2 Å². The molecule has 8 nitrogen and oxygen atoms in total. The molecule has 0 saturated heterocycles. The number of esters is 1. The number of ketones is 3. The van der Waals surface area contributed by atoms with Crippen LogP contribution in [-0.4, -0.2) is 48.3 Å². The molecule has 5 rings (SSSR count). The predicted octanol–water partition coefficient (Wildman–Crippen LogP) is 4.30. The van der Waals surface area contributed by atoms with Gasteiger partial charge in [0.2, 0.25) is 5.78 Å². The van der Waals surface area contributed by atoms with Gasteiger partial charge in [0.1, 0.15) is 5.78 Å². The number of allylic oxidation sites excluding steroid dienone is 4. The molecule has 4 fully saturated rings. The quantitative estimate of drug-likeness (QED) is 0.464. The number of carbonyl (C=O) groups excluding carboxylic acids is 5. The topological polar surface area (TPSA) is 113 Å². The summed E-state index contributed by atoms with van der Waals surface area (Å²) < 4.78 is 16.4. The van der Waals surface area contributed by atoms with Gasteiger partial charge in [-0.1, -0.05) is 32.4 Å². The summed E-state index contributed by atoms with van der Waals surface area (Å²) in [5, 5.41) is 0. The Hall–Kier alpha value is -2.77. The number of hydrogen-bond acceptors (Lipinski definition) is 8. The van der Waals surface area contributed by atoms with Crippen molar-refractivity contribution >= 4 is 29.5 Å². The van der Waals surface area contributed by atoms with Crippen LogP contribution in [0.1, 0.15) is 72.1 Å². The molecule has 0 radical (unpaired) electrons. The average Bonchev–Trinajstić information content (AvgIpc) is 3.66. The summed E-state index contributed by atoms with van der Waals surface area (Å²) in [5.74, 6) is -1.48. The van der Waals surface area contributed by atoms with Crippen LogP contribution in [0.4, 0.5) is 4.79 Å². The zero-order chi connectivity index (χ0) is 26.6. The van der Waals surface area contributed by atoms with Crippen molar-refractivity contribution in [2.24, 2.45) is 34.5 Å². The van der Waals surface area contributed by atoms with Crippen LogP contribution >= 0.6 is 0 Å². The highest BCUT2D eigenvalue weighted by Crippen LogP contribution is 2.67. The molecule has 37 heavy (non-hydrogen) atoms. The van der Waals surface area contributed by atoms with Gasteiger partial charge in [0.05, 0.1) is 12.5 Å². The van der Waals surface area contributed by atoms with Crippen LogP contribution in [0.3, 0.4) is 0 Å². The van der Waals surface area contributed by atoms with E-state index in [0.717, 1.165) is 24.8 Å². The van der Waals surface area contributed by atoms with Crippen molar-refractivity contribution in [3.05, 3.63) is 23.8 Å². The van der Waals surface area contributed by atoms with Gasteiger partial charge in [-0.05, 0) is 68.9 Å². The number of fused-ring (bicyclic) bond motifs is 5. The molecule has 0 amide bonds. The lowest BCUT2D eigenvalue weighted by atomic mass is 9.46. The van der Waals surface area contributed by atoms with Crippen molar-refractivity contribution in [2.75, 3.05) is 13.2 Å².